The van der Waals surface area contributed by atoms with Crippen molar-refractivity contribution in [1.29, 1.82) is 0 Å². The summed E-state index contributed by atoms with van der Waals surface area (Å²) in [5, 5.41) is 25.1. The first kappa shape index (κ1) is 16.4. The average Bonchev–Trinajstić information content (AvgIpc) is 3.08. The van der Waals surface area contributed by atoms with Crippen LogP contribution in [0, 0.1) is 10.1 Å². The number of nitrogens with zero attached hydrogens (tertiary/aromatic N) is 4. The van der Waals surface area contributed by atoms with Gasteiger partial charge in [0.05, 0.1) is 16.7 Å². The molecule has 1 aliphatic heterocycles. The van der Waals surface area contributed by atoms with Gasteiger partial charge in [0.25, 0.3) is 11.2 Å². The van der Waals surface area contributed by atoms with Gasteiger partial charge in [0, 0.05) is 32.6 Å². The van der Waals surface area contributed by atoms with Crippen LogP contribution in [0.5, 0.6) is 5.88 Å². The highest BCUT2D eigenvalue weighted by Crippen LogP contribution is 2.27. The summed E-state index contributed by atoms with van der Waals surface area (Å²) >= 11 is 0. The number of nitrogens with one attached hydrogen (secondary N) is 1. The molecule has 2 aromatic rings. The first-order valence-electron chi connectivity index (χ1n) is 7.37. The zero-order chi connectivity index (χ0) is 18.3. The molecule has 0 spiro atoms. The van der Waals surface area contributed by atoms with E-state index in [0.717, 1.165) is 9.13 Å². The van der Waals surface area contributed by atoms with Crippen LogP contribution in [0.3, 0.4) is 0 Å². The lowest BCUT2D eigenvalue weighted by Crippen LogP contribution is -2.39. The minimum atomic E-state index is -0.652. The maximum atomic E-state index is 12.3. The molecular formula is C15H15N5O5. The molecule has 1 atom stereocenters. The third kappa shape index (κ3) is 2.67. The predicted octanol–water partition coefficient (Wildman–Crippen LogP) is 0.136. The molecule has 0 saturated carbocycles. The Kier molecular flexibility index (Phi) is 3.87. The van der Waals surface area contributed by atoms with Crippen molar-refractivity contribution >= 4 is 11.4 Å². The maximum Gasteiger partial charge on any atom is 0.333 e. The first-order chi connectivity index (χ1) is 11.8. The number of nitro groups is 1. The lowest BCUT2D eigenvalue weighted by Gasteiger charge is -2.11. The van der Waals surface area contributed by atoms with Gasteiger partial charge < -0.3 is 10.5 Å². The van der Waals surface area contributed by atoms with Crippen LogP contribution in [-0.2, 0) is 14.1 Å². The van der Waals surface area contributed by atoms with E-state index in [2.05, 4.69) is 10.5 Å². The molecule has 0 bridgehead atoms. The molecule has 1 aromatic heterocycles. The van der Waals surface area contributed by atoms with Crippen molar-refractivity contribution < 1.29 is 10.0 Å². The molecule has 10 nitrogen and oxygen atoms in total. The van der Waals surface area contributed by atoms with E-state index in [4.69, 9.17) is 0 Å². The first-order valence-corrected chi connectivity index (χ1v) is 7.37. The van der Waals surface area contributed by atoms with Gasteiger partial charge in [0.1, 0.15) is 5.56 Å². The highest BCUT2D eigenvalue weighted by Gasteiger charge is 2.28. The Bertz CT molecular complexity index is 1020. The van der Waals surface area contributed by atoms with Crippen LogP contribution in [0.1, 0.15) is 23.6 Å². The molecule has 0 aliphatic carbocycles. The van der Waals surface area contributed by atoms with Crippen LogP contribution in [0.4, 0.5) is 5.69 Å². The van der Waals surface area contributed by atoms with E-state index in [0.29, 0.717) is 5.56 Å². The maximum absolute atomic E-state index is 12.3. The summed E-state index contributed by atoms with van der Waals surface area (Å²) in [6.07, 6.45) is 0.238. The number of aromatic hydroxyl groups is 1. The van der Waals surface area contributed by atoms with Gasteiger partial charge in [-0.25, -0.2) is 4.79 Å². The molecule has 0 saturated heterocycles. The number of rotatable bonds is 3. The Morgan fingerprint density at radius 2 is 2.04 bits per heavy atom. The minimum absolute atomic E-state index is 0.0476. The van der Waals surface area contributed by atoms with Gasteiger partial charge in [0.15, 0.2) is 0 Å². The van der Waals surface area contributed by atoms with Gasteiger partial charge >= 0.3 is 5.69 Å². The summed E-state index contributed by atoms with van der Waals surface area (Å²) < 4.78 is 1.85. The minimum Gasteiger partial charge on any atom is -0.494 e. The van der Waals surface area contributed by atoms with Gasteiger partial charge in [0.2, 0.25) is 5.88 Å². The van der Waals surface area contributed by atoms with Gasteiger partial charge in [-0.05, 0) is 5.56 Å². The zero-order valence-electron chi connectivity index (χ0n) is 13.5. The molecule has 2 N–H and O–H groups in total. The molecule has 3 rings (SSSR count). The van der Waals surface area contributed by atoms with E-state index in [1.807, 2.05) is 0 Å². The number of aromatic nitrogens is 2. The van der Waals surface area contributed by atoms with Crippen molar-refractivity contribution in [3.8, 4) is 5.88 Å². The standard InChI is InChI=1S/C15H15N5O5/c1-18-13(21)12(14(22)19(2)15(18)23)11-7-10(16-17-11)8-4-3-5-9(6-8)20(24)25/h3-6,10,16,21H,7H2,1-2H3. The third-order valence-electron chi connectivity index (χ3n) is 4.16. The Morgan fingerprint density at radius 3 is 2.72 bits per heavy atom. The highest BCUT2D eigenvalue weighted by molar-refractivity contribution is 6.03. The second-order valence-electron chi connectivity index (χ2n) is 5.70. The van der Waals surface area contributed by atoms with Crippen LogP contribution >= 0.6 is 0 Å². The predicted molar refractivity (Wildman–Crippen MR) is 88.7 cm³/mol. The lowest BCUT2D eigenvalue weighted by molar-refractivity contribution is -0.384. The summed E-state index contributed by atoms with van der Waals surface area (Å²) in [6.45, 7) is 0. The Hall–Kier alpha value is -3.43. The van der Waals surface area contributed by atoms with Crippen molar-refractivity contribution in [2.75, 3.05) is 0 Å². The van der Waals surface area contributed by atoms with Crippen LogP contribution in [0.25, 0.3) is 0 Å². The summed E-state index contributed by atoms with van der Waals surface area (Å²) in [4.78, 5) is 34.5. The van der Waals surface area contributed by atoms with E-state index in [1.54, 1.807) is 12.1 Å². The van der Waals surface area contributed by atoms with E-state index in [-0.39, 0.29) is 29.4 Å². The average molecular weight is 345 g/mol. The molecule has 1 aromatic carbocycles. The lowest BCUT2D eigenvalue weighted by atomic mass is 9.99. The van der Waals surface area contributed by atoms with Gasteiger partial charge in [-0.3, -0.25) is 24.0 Å². The van der Waals surface area contributed by atoms with Crippen LogP contribution in [-0.4, -0.2) is 24.9 Å². The van der Waals surface area contributed by atoms with E-state index < -0.39 is 22.1 Å². The Labute approximate surface area is 140 Å². The quantitative estimate of drug-likeness (QED) is 0.600. The third-order valence-corrected chi connectivity index (χ3v) is 4.16. The van der Waals surface area contributed by atoms with Gasteiger partial charge in [-0.2, -0.15) is 5.10 Å². The molecular weight excluding hydrogens is 330 g/mol. The fraction of sp³-hybridized carbons (Fsp3) is 0.267. The van der Waals surface area contributed by atoms with Gasteiger partial charge in [-0.15, -0.1) is 0 Å². The second-order valence-corrected chi connectivity index (χ2v) is 5.70. The monoisotopic (exact) mass is 345 g/mol. The fourth-order valence-corrected chi connectivity index (χ4v) is 2.73. The normalized spacial score (nSPS) is 16.4. The van der Waals surface area contributed by atoms with E-state index in [1.165, 1.54) is 26.2 Å². The molecule has 10 heteroatoms. The van der Waals surface area contributed by atoms with Crippen LogP contribution < -0.4 is 16.7 Å². The fourth-order valence-electron chi connectivity index (χ4n) is 2.73. The number of nitro benzene ring substituents is 1. The Balaban J connectivity index is 1.97. The van der Waals surface area contributed by atoms with Crippen molar-refractivity contribution in [3.05, 3.63) is 66.3 Å². The molecule has 2 heterocycles. The number of non-ortho nitro benzene ring substituents is 1. The van der Waals surface area contributed by atoms with E-state index in [9.17, 15) is 24.8 Å². The highest BCUT2D eigenvalue weighted by atomic mass is 16.6. The molecule has 0 amide bonds. The summed E-state index contributed by atoms with van der Waals surface area (Å²) in [6, 6.07) is 5.71. The molecule has 0 radical (unpaired) electrons. The van der Waals surface area contributed by atoms with Crippen molar-refractivity contribution in [2.45, 2.75) is 12.5 Å². The zero-order valence-corrected chi connectivity index (χ0v) is 13.5. The second kappa shape index (κ2) is 5.89. The summed E-state index contributed by atoms with van der Waals surface area (Å²) in [7, 11) is 2.66. The Morgan fingerprint density at radius 1 is 1.32 bits per heavy atom. The largest absolute Gasteiger partial charge is 0.494 e. The molecule has 0 fully saturated rings. The number of hydrazone groups is 1. The number of hydrogen-bond donors (Lipinski definition) is 2. The summed E-state index contributed by atoms with van der Waals surface area (Å²) in [5.74, 6) is -0.464. The van der Waals surface area contributed by atoms with Crippen LogP contribution in [0.15, 0.2) is 39.0 Å². The SMILES string of the molecule is Cn1c(O)c(C2=NNC(c3cccc([N+](=O)[O-])c3)C2)c(=O)n(C)c1=O. The van der Waals surface area contributed by atoms with Crippen molar-refractivity contribution in [1.82, 2.24) is 14.6 Å². The summed E-state index contributed by atoms with van der Waals surface area (Å²) in [5.41, 5.74) is 2.32. The van der Waals surface area contributed by atoms with Crippen molar-refractivity contribution in [3.63, 3.8) is 0 Å². The topological polar surface area (TPSA) is 132 Å². The molecule has 1 aliphatic rings. The van der Waals surface area contributed by atoms with Crippen molar-refractivity contribution in [2.24, 2.45) is 19.2 Å². The van der Waals surface area contributed by atoms with Gasteiger partial charge in [-0.1, -0.05) is 12.1 Å². The number of hydrogen-bond acceptors (Lipinski definition) is 7. The number of benzene rings is 1. The van der Waals surface area contributed by atoms with E-state index >= 15 is 0 Å². The smallest absolute Gasteiger partial charge is 0.333 e. The molecule has 25 heavy (non-hydrogen) atoms. The van der Waals surface area contributed by atoms with Crippen LogP contribution in [0.2, 0.25) is 0 Å². The molecule has 130 valence electrons. The molecule has 1 unspecified atom stereocenters.